The first-order valence-corrected chi connectivity index (χ1v) is 6.84. The number of rotatable bonds is 2. The van der Waals surface area contributed by atoms with E-state index in [9.17, 15) is 14.4 Å². The van der Waals surface area contributed by atoms with E-state index in [0.717, 1.165) is 4.57 Å². The second-order valence-electron chi connectivity index (χ2n) is 5.16. The highest BCUT2D eigenvalue weighted by Crippen LogP contribution is 2.26. The Balaban J connectivity index is 2.51. The molecule has 0 aliphatic carbocycles. The molecule has 0 aliphatic rings. The molecule has 0 fully saturated rings. The number of carbonyl (C=O) groups is 1. The van der Waals surface area contributed by atoms with E-state index in [0.29, 0.717) is 22.2 Å². The number of carbonyl (C=O) groups excluding carboxylic acids is 1. The summed E-state index contributed by atoms with van der Waals surface area (Å²) in [7, 11) is 2.98. The quantitative estimate of drug-likeness (QED) is 0.712. The third kappa shape index (κ3) is 2.20. The predicted molar refractivity (Wildman–Crippen MR) is 86.8 cm³/mol. The summed E-state index contributed by atoms with van der Waals surface area (Å²) in [5.74, 6) is 0. The van der Waals surface area contributed by atoms with E-state index in [1.54, 1.807) is 19.2 Å². The molecule has 0 atom stereocenters. The number of amides is 2. The third-order valence-corrected chi connectivity index (χ3v) is 3.72. The van der Waals surface area contributed by atoms with Crippen molar-refractivity contribution in [2.75, 3.05) is 5.43 Å². The van der Waals surface area contributed by atoms with Crippen molar-refractivity contribution in [2.45, 2.75) is 0 Å². The Morgan fingerprint density at radius 1 is 1.09 bits per heavy atom. The highest BCUT2D eigenvalue weighted by Gasteiger charge is 2.19. The van der Waals surface area contributed by atoms with Crippen LogP contribution in [0.15, 0.2) is 46.1 Å². The number of aromatic nitrogens is 3. The smallest absolute Gasteiger partial charge is 0.331 e. The molecule has 8 heteroatoms. The first kappa shape index (κ1) is 14.6. The summed E-state index contributed by atoms with van der Waals surface area (Å²) in [5.41, 5.74) is 8.36. The lowest BCUT2D eigenvalue weighted by atomic mass is 10.1. The summed E-state index contributed by atoms with van der Waals surface area (Å²) in [6, 6.07) is 8.31. The Morgan fingerprint density at radius 2 is 1.74 bits per heavy atom. The van der Waals surface area contributed by atoms with Gasteiger partial charge in [0.05, 0.1) is 22.8 Å². The van der Waals surface area contributed by atoms with Crippen LogP contribution in [0.3, 0.4) is 0 Å². The summed E-state index contributed by atoms with van der Waals surface area (Å²) in [6.07, 6.45) is 1.51. The van der Waals surface area contributed by atoms with E-state index >= 15 is 0 Å². The molecule has 0 radical (unpaired) electrons. The zero-order valence-corrected chi connectivity index (χ0v) is 12.6. The highest BCUT2D eigenvalue weighted by atomic mass is 16.2. The van der Waals surface area contributed by atoms with Crippen molar-refractivity contribution < 1.29 is 4.79 Å². The number of primary amides is 1. The molecule has 3 aromatic rings. The van der Waals surface area contributed by atoms with Gasteiger partial charge in [-0.25, -0.2) is 15.0 Å². The van der Waals surface area contributed by atoms with Crippen LogP contribution in [0.1, 0.15) is 0 Å². The number of nitrogens with two attached hydrogens (primary N) is 1. The molecular weight excluding hydrogens is 298 g/mol. The minimum absolute atomic E-state index is 0.328. The van der Waals surface area contributed by atoms with Gasteiger partial charge in [0.25, 0.3) is 5.56 Å². The van der Waals surface area contributed by atoms with Crippen LogP contribution in [-0.4, -0.2) is 19.8 Å². The minimum Gasteiger partial charge on any atom is -0.350 e. The van der Waals surface area contributed by atoms with Crippen LogP contribution in [-0.2, 0) is 14.1 Å². The average Bonchev–Trinajstić information content (AvgIpc) is 2.90. The van der Waals surface area contributed by atoms with E-state index < -0.39 is 17.3 Å². The number of hydrogen-bond donors (Lipinski definition) is 2. The summed E-state index contributed by atoms with van der Waals surface area (Å²) < 4.78 is 3.74. The summed E-state index contributed by atoms with van der Waals surface area (Å²) in [5, 5.41) is 0.328. The molecule has 3 N–H and O–H groups in total. The van der Waals surface area contributed by atoms with Crippen molar-refractivity contribution in [3.05, 3.63) is 57.4 Å². The van der Waals surface area contributed by atoms with E-state index in [2.05, 4.69) is 5.43 Å². The van der Waals surface area contributed by atoms with Crippen molar-refractivity contribution in [2.24, 2.45) is 19.8 Å². The van der Waals surface area contributed by atoms with Crippen molar-refractivity contribution in [1.29, 1.82) is 0 Å². The van der Waals surface area contributed by atoms with Gasteiger partial charge in [0.15, 0.2) is 0 Å². The number of fused-ring (bicyclic) bond motifs is 1. The Bertz CT molecular complexity index is 1030. The number of nitrogens with one attached hydrogen (secondary N) is 1. The Kier molecular flexibility index (Phi) is 3.29. The lowest BCUT2D eigenvalue weighted by Gasteiger charge is -2.09. The van der Waals surface area contributed by atoms with Gasteiger partial charge in [-0.15, -0.1) is 0 Å². The molecule has 0 spiro atoms. The molecule has 118 valence electrons. The number of nitrogens with zero attached hydrogens (tertiary/aromatic N) is 3. The monoisotopic (exact) mass is 313 g/mol. The van der Waals surface area contributed by atoms with Gasteiger partial charge in [-0.2, -0.15) is 0 Å². The normalized spacial score (nSPS) is 10.9. The van der Waals surface area contributed by atoms with Crippen LogP contribution in [0, 0.1) is 0 Å². The minimum atomic E-state index is -0.774. The largest absolute Gasteiger partial charge is 0.350 e. The fraction of sp³-hybridized carbons (Fsp3) is 0.133. The molecule has 8 nitrogen and oxygen atoms in total. The number of hydrogen-bond acceptors (Lipinski definition) is 3. The van der Waals surface area contributed by atoms with Crippen molar-refractivity contribution in [3.63, 3.8) is 0 Å². The highest BCUT2D eigenvalue weighted by molar-refractivity contribution is 5.95. The zero-order valence-electron chi connectivity index (χ0n) is 12.6. The summed E-state index contributed by atoms with van der Waals surface area (Å²) >= 11 is 0. The molecule has 0 saturated heterocycles. The molecule has 1 aromatic carbocycles. The van der Waals surface area contributed by atoms with Crippen LogP contribution in [0.2, 0.25) is 0 Å². The van der Waals surface area contributed by atoms with Crippen LogP contribution in [0.4, 0.5) is 4.79 Å². The molecule has 0 bridgehead atoms. The Labute approximate surface area is 130 Å². The molecule has 3 rings (SSSR count). The van der Waals surface area contributed by atoms with Gasteiger partial charge in [-0.05, 0) is 0 Å². The van der Waals surface area contributed by atoms with Gasteiger partial charge in [0, 0.05) is 19.7 Å². The molecule has 2 heterocycles. The van der Waals surface area contributed by atoms with Crippen LogP contribution in [0.5, 0.6) is 0 Å². The predicted octanol–water partition coefficient (Wildman–Crippen LogP) is 0.328. The molecule has 0 aliphatic heterocycles. The van der Waals surface area contributed by atoms with Gasteiger partial charge >= 0.3 is 11.7 Å². The van der Waals surface area contributed by atoms with Crippen molar-refractivity contribution in [3.8, 4) is 11.3 Å². The first-order chi connectivity index (χ1) is 10.9. The molecule has 23 heavy (non-hydrogen) atoms. The number of benzene rings is 1. The van der Waals surface area contributed by atoms with Crippen LogP contribution in [0.25, 0.3) is 22.2 Å². The molecular formula is C15H15N5O3. The van der Waals surface area contributed by atoms with Crippen molar-refractivity contribution >= 4 is 16.9 Å². The summed E-state index contributed by atoms with van der Waals surface area (Å²) in [6.45, 7) is 0. The second kappa shape index (κ2) is 5.16. The van der Waals surface area contributed by atoms with E-state index in [1.807, 2.05) is 18.2 Å². The molecule has 0 unspecified atom stereocenters. The Morgan fingerprint density at radius 3 is 2.35 bits per heavy atom. The first-order valence-electron chi connectivity index (χ1n) is 6.84. The number of aryl methyl sites for hydroxylation is 1. The molecule has 2 amide bonds. The van der Waals surface area contributed by atoms with E-state index in [-0.39, 0.29) is 0 Å². The lowest BCUT2D eigenvalue weighted by molar-refractivity contribution is 0.257. The van der Waals surface area contributed by atoms with E-state index in [4.69, 9.17) is 5.73 Å². The third-order valence-electron chi connectivity index (χ3n) is 3.72. The van der Waals surface area contributed by atoms with Crippen molar-refractivity contribution in [1.82, 2.24) is 13.8 Å². The lowest BCUT2D eigenvalue weighted by Crippen LogP contribution is -2.36. The molecule has 2 aromatic heterocycles. The van der Waals surface area contributed by atoms with Gasteiger partial charge in [-0.3, -0.25) is 18.6 Å². The standard InChI is InChI=1S/C15H15N5O3/c1-18-10-8-20(17-14(16)22)12(9-6-4-3-5-7-9)11(10)13(21)19(2)15(18)23/h3-8H,1-2H3,(H3,16,17,22). The average molecular weight is 313 g/mol. The maximum absolute atomic E-state index is 12.6. The zero-order chi connectivity index (χ0) is 16.7. The topological polar surface area (TPSA) is 104 Å². The maximum Gasteiger partial charge on any atom is 0.331 e. The SMILES string of the molecule is Cn1c(=O)c2c(-c3ccccc3)n(NC(N)=O)cc2n(C)c1=O. The molecule has 0 saturated carbocycles. The van der Waals surface area contributed by atoms with Gasteiger partial charge in [-0.1, -0.05) is 30.3 Å². The van der Waals surface area contributed by atoms with Gasteiger partial charge in [0.2, 0.25) is 0 Å². The van der Waals surface area contributed by atoms with Gasteiger partial charge in [0.1, 0.15) is 0 Å². The van der Waals surface area contributed by atoms with Crippen LogP contribution < -0.4 is 22.4 Å². The Hall–Kier alpha value is -3.29. The maximum atomic E-state index is 12.6. The fourth-order valence-electron chi connectivity index (χ4n) is 2.63. The van der Waals surface area contributed by atoms with Crippen LogP contribution >= 0.6 is 0 Å². The van der Waals surface area contributed by atoms with E-state index in [1.165, 1.54) is 22.5 Å². The number of urea groups is 1. The second-order valence-corrected chi connectivity index (χ2v) is 5.16. The fourth-order valence-corrected chi connectivity index (χ4v) is 2.63. The van der Waals surface area contributed by atoms with Gasteiger partial charge < -0.3 is 5.73 Å². The summed E-state index contributed by atoms with van der Waals surface area (Å²) in [4.78, 5) is 35.9.